The second-order valence-electron chi connectivity index (χ2n) is 2.27. The van der Waals surface area contributed by atoms with E-state index < -0.39 is 30.6 Å². The minimum Gasteiger partial charge on any atom is -0.479 e. The molecule has 0 aromatic heterocycles. The smallest absolute Gasteiger partial charge is 0.335 e. The monoisotopic (exact) mass is 164 g/mol. The zero-order valence-corrected chi connectivity index (χ0v) is 5.41. The highest BCUT2D eigenvalue weighted by atomic mass is 16.7. The molecule has 1 heterocycles. The molecule has 0 radical (unpaired) electrons. The molecule has 1 saturated heterocycles. The Balaban J connectivity index is 2.67. The van der Waals surface area contributed by atoms with E-state index >= 15 is 0 Å². The molecule has 0 aliphatic carbocycles. The quantitative estimate of drug-likeness (QED) is 0.341. The van der Waals surface area contributed by atoms with Crippen molar-refractivity contribution in [2.75, 3.05) is 0 Å². The van der Waals surface area contributed by atoms with Crippen LogP contribution in [0.25, 0.3) is 0 Å². The Hall–Kier alpha value is -0.690. The molecule has 0 bridgehead atoms. The number of carboxylic acids is 1. The van der Waals surface area contributed by atoms with Crippen LogP contribution in [0.15, 0.2) is 0 Å². The van der Waals surface area contributed by atoms with Gasteiger partial charge in [-0.3, -0.25) is 0 Å². The first-order valence-electron chi connectivity index (χ1n) is 2.96. The molecule has 4 N–H and O–H groups in total. The molecule has 0 aromatic carbocycles. The molecule has 6 nitrogen and oxygen atoms in total. The van der Waals surface area contributed by atoms with Crippen LogP contribution in [0.4, 0.5) is 0 Å². The summed E-state index contributed by atoms with van der Waals surface area (Å²) in [5.41, 5.74) is 0. The second kappa shape index (κ2) is 2.74. The molecule has 0 spiro atoms. The molecule has 1 unspecified atom stereocenters. The van der Waals surface area contributed by atoms with Crippen LogP contribution in [-0.2, 0) is 9.53 Å². The predicted octanol–water partition coefficient (Wildman–Crippen LogP) is -2.49. The van der Waals surface area contributed by atoms with Gasteiger partial charge in [-0.05, 0) is 0 Å². The molecule has 0 amide bonds. The van der Waals surface area contributed by atoms with E-state index in [2.05, 4.69) is 4.74 Å². The highest BCUT2D eigenvalue weighted by Crippen LogP contribution is 2.19. The van der Waals surface area contributed by atoms with E-state index in [-0.39, 0.29) is 0 Å². The number of aliphatic hydroxyl groups excluding tert-OH is 3. The first-order chi connectivity index (χ1) is 5.04. The number of aliphatic hydroxyl groups is 3. The fourth-order valence-corrected chi connectivity index (χ4v) is 0.863. The second-order valence-corrected chi connectivity index (χ2v) is 2.27. The van der Waals surface area contributed by atoms with E-state index in [0.29, 0.717) is 0 Å². The first kappa shape index (κ1) is 8.41. The van der Waals surface area contributed by atoms with Crippen LogP contribution >= 0.6 is 0 Å². The first-order valence-corrected chi connectivity index (χ1v) is 2.96. The van der Waals surface area contributed by atoms with Crippen molar-refractivity contribution in [1.82, 2.24) is 0 Å². The Morgan fingerprint density at radius 1 is 1.18 bits per heavy atom. The van der Waals surface area contributed by atoms with Crippen molar-refractivity contribution in [3.63, 3.8) is 0 Å². The number of hydrogen-bond acceptors (Lipinski definition) is 5. The summed E-state index contributed by atoms with van der Waals surface area (Å²) in [7, 11) is 0. The minimum absolute atomic E-state index is 1.41. The molecule has 1 aliphatic rings. The largest absolute Gasteiger partial charge is 0.479 e. The number of carbonyl (C=O) groups is 1. The maximum atomic E-state index is 10.2. The third-order valence-corrected chi connectivity index (χ3v) is 1.48. The lowest BCUT2D eigenvalue weighted by atomic mass is 10.1. The lowest BCUT2D eigenvalue weighted by Gasteiger charge is -2.08. The summed E-state index contributed by atoms with van der Waals surface area (Å²) < 4.78 is 4.30. The lowest BCUT2D eigenvalue weighted by Crippen LogP contribution is -2.36. The van der Waals surface area contributed by atoms with Gasteiger partial charge in [0.05, 0.1) is 0 Å². The van der Waals surface area contributed by atoms with Gasteiger partial charge in [-0.1, -0.05) is 0 Å². The van der Waals surface area contributed by atoms with Crippen molar-refractivity contribution in [2.45, 2.75) is 24.6 Å². The normalized spacial score (nSPS) is 44.3. The van der Waals surface area contributed by atoms with Gasteiger partial charge in [0.25, 0.3) is 0 Å². The van der Waals surface area contributed by atoms with Gasteiger partial charge >= 0.3 is 5.97 Å². The van der Waals surface area contributed by atoms with Gasteiger partial charge in [0.15, 0.2) is 12.4 Å². The number of hydrogen-bond donors (Lipinski definition) is 4. The summed E-state index contributed by atoms with van der Waals surface area (Å²) in [6, 6.07) is 0. The summed E-state index contributed by atoms with van der Waals surface area (Å²) in [5.74, 6) is -1.41. The van der Waals surface area contributed by atoms with Crippen molar-refractivity contribution in [2.24, 2.45) is 0 Å². The number of ether oxygens (including phenoxy) is 1. The standard InChI is InChI=1S/C5H8O6/c6-1-2(7)5(10)11-3(1)4(8)9/h1-3,5-7,10H,(H,8,9)/t1-,2-,3-,5?/m0/s1. The molecule has 0 saturated carbocycles. The third-order valence-electron chi connectivity index (χ3n) is 1.48. The van der Waals surface area contributed by atoms with Gasteiger partial charge in [-0.25, -0.2) is 4.79 Å². The van der Waals surface area contributed by atoms with E-state index in [1.165, 1.54) is 0 Å². The van der Waals surface area contributed by atoms with E-state index in [9.17, 15) is 4.79 Å². The van der Waals surface area contributed by atoms with Gasteiger partial charge in [-0.2, -0.15) is 0 Å². The van der Waals surface area contributed by atoms with Gasteiger partial charge in [0.2, 0.25) is 0 Å². The Labute approximate surface area is 61.6 Å². The van der Waals surface area contributed by atoms with Crippen molar-refractivity contribution < 1.29 is 30.0 Å². The summed E-state index contributed by atoms with van der Waals surface area (Å²) in [5, 5.41) is 34.7. The van der Waals surface area contributed by atoms with Gasteiger partial charge < -0.3 is 25.2 Å². The maximum absolute atomic E-state index is 10.2. The molecule has 0 aromatic rings. The molecule has 64 valence electrons. The summed E-state index contributed by atoms with van der Waals surface area (Å²) in [6.07, 6.45) is -6.27. The van der Waals surface area contributed by atoms with Gasteiger partial charge in [-0.15, -0.1) is 0 Å². The van der Waals surface area contributed by atoms with Crippen LogP contribution in [0.3, 0.4) is 0 Å². The number of aliphatic carboxylic acids is 1. The Morgan fingerprint density at radius 3 is 1.91 bits per heavy atom. The van der Waals surface area contributed by atoms with Crippen molar-refractivity contribution in [3.05, 3.63) is 0 Å². The fourth-order valence-electron chi connectivity index (χ4n) is 0.863. The number of rotatable bonds is 1. The zero-order chi connectivity index (χ0) is 8.59. The van der Waals surface area contributed by atoms with Crippen molar-refractivity contribution >= 4 is 5.97 Å². The van der Waals surface area contributed by atoms with Gasteiger partial charge in [0, 0.05) is 0 Å². The van der Waals surface area contributed by atoms with Crippen LogP contribution in [0, 0.1) is 0 Å². The SMILES string of the molecule is O=C(O)[C@H]1OC(O)[C@@H](O)[C@@H]1O. The third kappa shape index (κ3) is 1.33. The Kier molecular flexibility index (Phi) is 2.10. The van der Waals surface area contributed by atoms with Crippen LogP contribution in [0.5, 0.6) is 0 Å². The average Bonchev–Trinajstić information content (AvgIpc) is 2.17. The lowest BCUT2D eigenvalue weighted by molar-refractivity contribution is -0.165. The minimum atomic E-state index is -1.62. The molecule has 11 heavy (non-hydrogen) atoms. The predicted molar refractivity (Wildman–Crippen MR) is 30.5 cm³/mol. The number of carboxylic acid groups (broad SMARTS) is 1. The molecule has 4 atom stereocenters. The van der Waals surface area contributed by atoms with Crippen LogP contribution in [-0.4, -0.2) is 51.0 Å². The van der Waals surface area contributed by atoms with Crippen LogP contribution in [0.2, 0.25) is 0 Å². The molecular formula is C5H8O6. The molecule has 6 heteroatoms. The average molecular weight is 164 g/mol. The van der Waals surface area contributed by atoms with E-state index in [4.69, 9.17) is 20.4 Å². The maximum Gasteiger partial charge on any atom is 0.335 e. The summed E-state index contributed by atoms with van der Waals surface area (Å²) in [6.45, 7) is 0. The fraction of sp³-hybridized carbons (Fsp3) is 0.800. The van der Waals surface area contributed by atoms with E-state index in [1.807, 2.05) is 0 Å². The highest BCUT2D eigenvalue weighted by molar-refractivity contribution is 5.73. The topological polar surface area (TPSA) is 107 Å². The Morgan fingerprint density at radius 2 is 1.73 bits per heavy atom. The zero-order valence-electron chi connectivity index (χ0n) is 5.41. The van der Waals surface area contributed by atoms with E-state index in [0.717, 1.165) is 0 Å². The van der Waals surface area contributed by atoms with Crippen molar-refractivity contribution in [3.8, 4) is 0 Å². The van der Waals surface area contributed by atoms with E-state index in [1.54, 1.807) is 0 Å². The molecule has 1 fully saturated rings. The van der Waals surface area contributed by atoms with Gasteiger partial charge in [0.1, 0.15) is 12.2 Å². The van der Waals surface area contributed by atoms with Crippen LogP contribution in [0.1, 0.15) is 0 Å². The summed E-state index contributed by atoms with van der Waals surface area (Å²) in [4.78, 5) is 10.2. The summed E-state index contributed by atoms with van der Waals surface area (Å²) >= 11 is 0. The Bertz CT molecular complexity index is 168. The van der Waals surface area contributed by atoms with Crippen LogP contribution < -0.4 is 0 Å². The highest BCUT2D eigenvalue weighted by Gasteiger charge is 2.45. The molecular weight excluding hydrogens is 156 g/mol. The molecule has 1 rings (SSSR count). The van der Waals surface area contributed by atoms with Crippen molar-refractivity contribution in [1.29, 1.82) is 0 Å². The molecule has 1 aliphatic heterocycles.